The maximum atomic E-state index is 11.9. The highest BCUT2D eigenvalue weighted by Crippen LogP contribution is 2.32. The van der Waals surface area contributed by atoms with Crippen molar-refractivity contribution < 1.29 is 9.53 Å². The summed E-state index contributed by atoms with van der Waals surface area (Å²) in [5.74, 6) is 1.22. The predicted molar refractivity (Wildman–Crippen MR) is 71.7 cm³/mol. The lowest BCUT2D eigenvalue weighted by Crippen LogP contribution is -2.27. The Labute approximate surface area is 108 Å². The molecule has 0 unspecified atom stereocenters. The predicted octanol–water partition coefficient (Wildman–Crippen LogP) is 1.79. The second-order valence-corrected chi connectivity index (χ2v) is 4.66. The van der Waals surface area contributed by atoms with Gasteiger partial charge in [0, 0.05) is 24.7 Å². The van der Waals surface area contributed by atoms with E-state index in [0.717, 1.165) is 30.7 Å². The first-order valence-corrected chi connectivity index (χ1v) is 6.43. The lowest BCUT2D eigenvalue weighted by atomic mass is 10.2. The molecule has 2 N–H and O–H groups in total. The van der Waals surface area contributed by atoms with E-state index in [9.17, 15) is 4.79 Å². The summed E-state index contributed by atoms with van der Waals surface area (Å²) < 4.78 is 5.58. The van der Waals surface area contributed by atoms with Crippen LogP contribution in [0.2, 0.25) is 0 Å². The van der Waals surface area contributed by atoms with E-state index >= 15 is 0 Å². The van der Waals surface area contributed by atoms with Crippen molar-refractivity contribution >= 4 is 11.6 Å². The molecule has 1 aliphatic carbocycles. The molecule has 2 rings (SSSR count). The van der Waals surface area contributed by atoms with E-state index in [1.807, 2.05) is 31.3 Å². The van der Waals surface area contributed by atoms with Crippen LogP contribution in [0, 0.1) is 5.92 Å². The second-order valence-electron chi connectivity index (χ2n) is 4.66. The molecular weight excluding hydrogens is 228 g/mol. The maximum absolute atomic E-state index is 11.9. The highest BCUT2D eigenvalue weighted by atomic mass is 16.5. The van der Waals surface area contributed by atoms with Gasteiger partial charge in [0.15, 0.2) is 0 Å². The number of anilines is 1. The molecule has 0 aliphatic heterocycles. The molecule has 1 aromatic carbocycles. The monoisotopic (exact) mass is 248 g/mol. The zero-order valence-corrected chi connectivity index (χ0v) is 10.8. The summed E-state index contributed by atoms with van der Waals surface area (Å²) in [7, 11) is 1.82. The van der Waals surface area contributed by atoms with E-state index < -0.39 is 0 Å². The molecule has 1 aliphatic rings. The molecule has 1 saturated carbocycles. The first-order chi connectivity index (χ1) is 8.72. The molecule has 1 aromatic rings. The van der Waals surface area contributed by atoms with Crippen LogP contribution >= 0.6 is 0 Å². The molecule has 0 aromatic heterocycles. The summed E-state index contributed by atoms with van der Waals surface area (Å²) in [6, 6.07) is 7.63. The summed E-state index contributed by atoms with van der Waals surface area (Å²) >= 11 is 0. The van der Waals surface area contributed by atoms with Crippen molar-refractivity contribution in [2.24, 2.45) is 11.7 Å². The van der Waals surface area contributed by atoms with Crippen LogP contribution in [0.3, 0.4) is 0 Å². The number of carbonyl (C=O) groups excluding carboxylic acids is 1. The minimum absolute atomic E-state index is 0.203. The fraction of sp³-hybridized carbons (Fsp3) is 0.500. The van der Waals surface area contributed by atoms with Gasteiger partial charge in [0.25, 0.3) is 0 Å². The Balaban J connectivity index is 1.99. The molecule has 18 heavy (non-hydrogen) atoms. The number of nitrogens with two attached hydrogens (primary N) is 1. The van der Waals surface area contributed by atoms with Crippen molar-refractivity contribution in [3.05, 3.63) is 24.3 Å². The van der Waals surface area contributed by atoms with Gasteiger partial charge in [-0.25, -0.2) is 0 Å². The lowest BCUT2D eigenvalue weighted by Gasteiger charge is -2.18. The molecular formula is C14H20N2O2. The van der Waals surface area contributed by atoms with Crippen LogP contribution in [0.25, 0.3) is 0 Å². The average molecular weight is 248 g/mol. The van der Waals surface area contributed by atoms with Crippen molar-refractivity contribution in [2.45, 2.75) is 19.3 Å². The Morgan fingerprint density at radius 1 is 1.50 bits per heavy atom. The van der Waals surface area contributed by atoms with E-state index in [4.69, 9.17) is 10.5 Å². The number of ether oxygens (including phenoxy) is 1. The van der Waals surface area contributed by atoms with Crippen molar-refractivity contribution in [3.63, 3.8) is 0 Å². The molecule has 98 valence electrons. The van der Waals surface area contributed by atoms with Crippen molar-refractivity contribution in [2.75, 3.05) is 25.1 Å². The quantitative estimate of drug-likeness (QED) is 0.781. The van der Waals surface area contributed by atoms with Gasteiger partial charge < -0.3 is 15.4 Å². The van der Waals surface area contributed by atoms with Crippen molar-refractivity contribution in [1.29, 1.82) is 0 Å². The first-order valence-electron chi connectivity index (χ1n) is 6.43. The van der Waals surface area contributed by atoms with Gasteiger partial charge in [-0.1, -0.05) is 6.07 Å². The molecule has 1 amide bonds. The number of hydrogen-bond acceptors (Lipinski definition) is 3. The highest BCUT2D eigenvalue weighted by Gasteiger charge is 2.32. The van der Waals surface area contributed by atoms with E-state index in [-0.39, 0.29) is 11.8 Å². The van der Waals surface area contributed by atoms with Crippen molar-refractivity contribution in [1.82, 2.24) is 0 Å². The Hall–Kier alpha value is -1.55. The van der Waals surface area contributed by atoms with Gasteiger partial charge in [-0.2, -0.15) is 0 Å². The first kappa shape index (κ1) is 12.9. The summed E-state index contributed by atoms with van der Waals surface area (Å²) in [5, 5.41) is 0. The van der Waals surface area contributed by atoms with Gasteiger partial charge in [-0.3, -0.25) is 4.79 Å². The van der Waals surface area contributed by atoms with Crippen LogP contribution in [-0.4, -0.2) is 26.1 Å². The van der Waals surface area contributed by atoms with E-state index in [0.29, 0.717) is 13.2 Å². The minimum atomic E-state index is 0.203. The summed E-state index contributed by atoms with van der Waals surface area (Å²) in [4.78, 5) is 13.7. The Bertz CT molecular complexity index is 416. The van der Waals surface area contributed by atoms with Crippen LogP contribution in [0.4, 0.5) is 5.69 Å². The van der Waals surface area contributed by atoms with Crippen LogP contribution in [-0.2, 0) is 4.79 Å². The van der Waals surface area contributed by atoms with E-state index in [1.165, 1.54) is 0 Å². The van der Waals surface area contributed by atoms with Gasteiger partial charge in [0.2, 0.25) is 5.91 Å². The number of nitrogens with zero attached hydrogens (tertiary/aromatic N) is 1. The van der Waals surface area contributed by atoms with Gasteiger partial charge in [-0.05, 0) is 37.9 Å². The SMILES string of the molecule is CN(C(=O)C1CC1)c1cccc(OCCCN)c1. The average Bonchev–Trinajstić information content (AvgIpc) is 3.22. The van der Waals surface area contributed by atoms with Crippen molar-refractivity contribution in [3.8, 4) is 5.75 Å². The minimum Gasteiger partial charge on any atom is -0.493 e. The largest absolute Gasteiger partial charge is 0.493 e. The summed E-state index contributed by atoms with van der Waals surface area (Å²) in [6.45, 7) is 1.24. The van der Waals surface area contributed by atoms with E-state index in [2.05, 4.69) is 0 Å². The van der Waals surface area contributed by atoms with Crippen LogP contribution in [0.15, 0.2) is 24.3 Å². The fourth-order valence-electron chi connectivity index (χ4n) is 1.79. The maximum Gasteiger partial charge on any atom is 0.229 e. The molecule has 4 heteroatoms. The topological polar surface area (TPSA) is 55.6 Å². The van der Waals surface area contributed by atoms with Gasteiger partial charge in [0.1, 0.15) is 5.75 Å². The smallest absolute Gasteiger partial charge is 0.229 e. The number of benzene rings is 1. The second kappa shape index (κ2) is 5.87. The molecule has 0 spiro atoms. The fourth-order valence-corrected chi connectivity index (χ4v) is 1.79. The van der Waals surface area contributed by atoms with E-state index in [1.54, 1.807) is 4.90 Å². The number of hydrogen-bond donors (Lipinski definition) is 1. The number of amides is 1. The molecule has 0 radical (unpaired) electrons. The lowest BCUT2D eigenvalue weighted by molar-refractivity contribution is -0.119. The standard InChI is InChI=1S/C14H20N2O2/c1-16(14(17)11-6-7-11)12-4-2-5-13(10-12)18-9-3-8-15/h2,4-5,10-11H,3,6-9,15H2,1H3. The summed E-state index contributed by atoms with van der Waals surface area (Å²) in [6.07, 6.45) is 2.88. The van der Waals surface area contributed by atoms with Crippen LogP contribution < -0.4 is 15.4 Å². The molecule has 0 atom stereocenters. The van der Waals surface area contributed by atoms with Gasteiger partial charge in [0.05, 0.1) is 6.61 Å². The normalized spacial score (nSPS) is 14.3. The third-order valence-corrected chi connectivity index (χ3v) is 3.08. The molecule has 1 fully saturated rings. The molecule has 0 saturated heterocycles. The third kappa shape index (κ3) is 3.23. The molecule has 4 nitrogen and oxygen atoms in total. The molecule has 0 heterocycles. The van der Waals surface area contributed by atoms with Gasteiger partial charge >= 0.3 is 0 Å². The zero-order valence-electron chi connectivity index (χ0n) is 10.8. The number of rotatable bonds is 6. The highest BCUT2D eigenvalue weighted by molar-refractivity contribution is 5.96. The number of carbonyl (C=O) groups is 1. The Morgan fingerprint density at radius 2 is 2.28 bits per heavy atom. The zero-order chi connectivity index (χ0) is 13.0. The Morgan fingerprint density at radius 3 is 2.94 bits per heavy atom. The molecule has 0 bridgehead atoms. The van der Waals surface area contributed by atoms with Crippen LogP contribution in [0.5, 0.6) is 5.75 Å². The third-order valence-electron chi connectivity index (χ3n) is 3.08. The van der Waals surface area contributed by atoms with Crippen LogP contribution in [0.1, 0.15) is 19.3 Å². The Kier molecular flexibility index (Phi) is 4.20. The van der Waals surface area contributed by atoms with Gasteiger partial charge in [-0.15, -0.1) is 0 Å². The summed E-state index contributed by atoms with van der Waals surface area (Å²) in [5.41, 5.74) is 6.30.